The molecule has 2 nitrogen and oxygen atoms in total. The van der Waals surface area contributed by atoms with Crippen molar-refractivity contribution in [2.24, 2.45) is 0 Å². The summed E-state index contributed by atoms with van der Waals surface area (Å²) >= 11 is 1.91. The first-order chi connectivity index (χ1) is 32.9. The molecule has 0 unspecified atom stereocenters. The van der Waals surface area contributed by atoms with Crippen molar-refractivity contribution < 1.29 is 0 Å². The van der Waals surface area contributed by atoms with Gasteiger partial charge in [0.1, 0.15) is 0 Å². The molecule has 0 saturated heterocycles. The summed E-state index contributed by atoms with van der Waals surface area (Å²) in [7, 11) is 0. The van der Waals surface area contributed by atoms with E-state index in [-0.39, 0.29) is 28.5 Å². The lowest BCUT2D eigenvalue weighted by Gasteiger charge is -2.48. The monoisotopic (exact) mass is 914 g/mol. The molecule has 9 aromatic rings. The minimum absolute atomic E-state index is 0.0291. The molecule has 3 heterocycles. The molecule has 0 fully saturated rings. The van der Waals surface area contributed by atoms with Crippen LogP contribution in [0.2, 0.25) is 0 Å². The molecule has 0 amide bonds. The lowest BCUT2D eigenvalue weighted by molar-refractivity contribution is 0.332. The van der Waals surface area contributed by atoms with Crippen molar-refractivity contribution >= 4 is 77.7 Å². The Labute approximate surface area is 414 Å². The van der Waals surface area contributed by atoms with Crippen LogP contribution in [0.3, 0.4) is 0 Å². The van der Waals surface area contributed by atoms with Crippen molar-refractivity contribution in [1.29, 1.82) is 0 Å². The van der Waals surface area contributed by atoms with Gasteiger partial charge in [-0.1, -0.05) is 166 Å². The normalized spacial score (nSPS) is 15.8. The van der Waals surface area contributed by atoms with Crippen LogP contribution in [0.15, 0.2) is 158 Å². The van der Waals surface area contributed by atoms with Gasteiger partial charge in [0.15, 0.2) is 0 Å². The summed E-state index contributed by atoms with van der Waals surface area (Å²) in [5.41, 5.74) is 23.5. The first-order valence-corrected chi connectivity index (χ1v) is 26.0. The third kappa shape index (κ3) is 6.87. The van der Waals surface area contributed by atoms with Crippen LogP contribution in [-0.4, -0.2) is 6.85 Å². The fraction of sp³-hybridized carbons (Fsp3) is 0.262. The lowest BCUT2D eigenvalue weighted by atomic mass is 9.43. The molecule has 0 atom stereocenters. The van der Waals surface area contributed by atoms with Crippen LogP contribution in [-0.2, 0) is 21.7 Å². The predicted molar refractivity (Wildman–Crippen MR) is 301 cm³/mol. The number of benzene rings is 8. The number of thiophene rings is 1. The Hall–Kier alpha value is -6.36. The van der Waals surface area contributed by atoms with E-state index in [9.17, 15) is 0 Å². The van der Waals surface area contributed by atoms with E-state index in [1.165, 1.54) is 121 Å². The molecular weight excluding hydrogens is 852 g/mol. The fourth-order valence-electron chi connectivity index (χ4n) is 12.1. The number of anilines is 5. The molecule has 0 bridgehead atoms. The van der Waals surface area contributed by atoms with Crippen molar-refractivity contribution in [2.45, 2.75) is 111 Å². The quantitative estimate of drug-likeness (QED) is 0.162. The molecule has 1 aromatic heterocycles. The summed E-state index contributed by atoms with van der Waals surface area (Å²) in [5, 5.41) is 2.63. The second kappa shape index (κ2) is 15.3. The largest absolute Gasteiger partial charge is 0.376 e. The van der Waals surface area contributed by atoms with Gasteiger partial charge in [0.25, 0.3) is 0 Å². The Balaban J connectivity index is 1.28. The highest BCUT2D eigenvalue weighted by atomic mass is 32.1. The van der Waals surface area contributed by atoms with Gasteiger partial charge in [-0.15, -0.1) is 11.3 Å². The Morgan fingerprint density at radius 3 is 1.87 bits per heavy atom. The van der Waals surface area contributed by atoms with Crippen LogP contribution >= 0.6 is 11.3 Å². The van der Waals surface area contributed by atoms with Gasteiger partial charge >= 0.3 is 6.85 Å². The third-order valence-electron chi connectivity index (χ3n) is 16.2. The topological polar surface area (TPSA) is 6.48 Å². The van der Waals surface area contributed by atoms with Gasteiger partial charge in [-0.05, 0) is 163 Å². The average molecular weight is 915 g/mol. The van der Waals surface area contributed by atoms with Crippen molar-refractivity contribution in [3.63, 3.8) is 0 Å². The van der Waals surface area contributed by atoms with Gasteiger partial charge in [0.05, 0.1) is 11.4 Å². The predicted octanol–water partition coefficient (Wildman–Crippen LogP) is 17.3. The maximum atomic E-state index is 2.75. The van der Waals surface area contributed by atoms with Gasteiger partial charge in [0, 0.05) is 48.4 Å². The van der Waals surface area contributed by atoms with E-state index in [0.29, 0.717) is 0 Å². The number of rotatable bonds is 4. The summed E-state index contributed by atoms with van der Waals surface area (Å²) in [6.45, 7) is 26.0. The highest BCUT2D eigenvalue weighted by Crippen LogP contribution is 2.56. The standard InChI is InChI=1S/C65H63BN2S/c1-40-19-15-16-22-46(40)42-35-50-49-38-51-52(65(10,11)34-33-64(51,8)9)39-55(49)68(45-28-25-43(26-29-45)62(2,3)4)66-53-30-32-58-59(47-23-17-18-24-57(47)69-58)61(53)67(56(36-42)60(50)66)54-31-27-44(63(5,6)7)37-48(54)41-20-13-12-14-21-41/h12-32,35-39H,33-34H2,1-11H3. The SMILES string of the molecule is Cc1ccccc1-c1cc2c3c(c1)N(c1ccc(C(C)(C)C)cc1-c1ccccc1)c1c(ccc4sc5ccccc5c14)B3N(c1ccc(C(C)(C)C)cc1)c1cc3c(cc1-2)C(C)(C)CCC3(C)C. The molecule has 0 N–H and O–H groups in total. The van der Waals surface area contributed by atoms with Crippen molar-refractivity contribution in [3.05, 3.63) is 186 Å². The number of aryl methyl sites for hydroxylation is 1. The van der Waals surface area contributed by atoms with E-state index >= 15 is 0 Å². The zero-order valence-corrected chi connectivity index (χ0v) is 43.1. The molecule has 4 heteroatoms. The van der Waals surface area contributed by atoms with Crippen molar-refractivity contribution in [3.8, 4) is 33.4 Å². The molecule has 3 aliphatic rings. The number of fused-ring (bicyclic) bond motifs is 9. The summed E-state index contributed by atoms with van der Waals surface area (Å²) in [4.78, 5) is 5.45. The minimum Gasteiger partial charge on any atom is -0.376 e. The summed E-state index contributed by atoms with van der Waals surface area (Å²) < 4.78 is 2.62. The smallest absolute Gasteiger partial charge is 0.333 e. The van der Waals surface area contributed by atoms with Crippen LogP contribution in [0.5, 0.6) is 0 Å². The second-order valence-electron chi connectivity index (χ2n) is 23.7. The van der Waals surface area contributed by atoms with Crippen LogP contribution in [0.1, 0.15) is 110 Å². The number of hydrogen-bond acceptors (Lipinski definition) is 3. The van der Waals surface area contributed by atoms with E-state index in [1.807, 2.05) is 11.3 Å². The summed E-state index contributed by atoms with van der Waals surface area (Å²) in [5.74, 6) is 0. The number of nitrogens with zero attached hydrogens (tertiary/aromatic N) is 2. The van der Waals surface area contributed by atoms with E-state index in [4.69, 9.17) is 0 Å². The van der Waals surface area contributed by atoms with Crippen LogP contribution in [0.4, 0.5) is 28.4 Å². The molecule has 1 aliphatic carbocycles. The highest BCUT2D eigenvalue weighted by Gasteiger charge is 2.48. The van der Waals surface area contributed by atoms with Crippen LogP contribution < -0.4 is 20.6 Å². The molecule has 0 spiro atoms. The molecule has 8 aromatic carbocycles. The Bertz CT molecular complexity index is 3540. The van der Waals surface area contributed by atoms with Gasteiger partial charge in [-0.3, -0.25) is 0 Å². The molecule has 2 aliphatic heterocycles. The van der Waals surface area contributed by atoms with Crippen LogP contribution in [0.25, 0.3) is 53.6 Å². The Morgan fingerprint density at radius 2 is 1.16 bits per heavy atom. The van der Waals surface area contributed by atoms with Crippen molar-refractivity contribution in [2.75, 3.05) is 9.71 Å². The maximum Gasteiger partial charge on any atom is 0.333 e. The Kier molecular flexibility index (Phi) is 9.75. The molecule has 0 saturated carbocycles. The lowest BCUT2D eigenvalue weighted by Crippen LogP contribution is -2.61. The van der Waals surface area contributed by atoms with Gasteiger partial charge < -0.3 is 9.71 Å². The molecule has 0 radical (unpaired) electrons. The van der Waals surface area contributed by atoms with Crippen LogP contribution in [0, 0.1) is 6.92 Å². The average Bonchev–Trinajstić information content (AvgIpc) is 3.71. The highest BCUT2D eigenvalue weighted by molar-refractivity contribution is 7.26. The zero-order chi connectivity index (χ0) is 47.9. The van der Waals surface area contributed by atoms with E-state index < -0.39 is 0 Å². The summed E-state index contributed by atoms with van der Waals surface area (Å²) in [6, 6.07) is 61.4. The van der Waals surface area contributed by atoms with Gasteiger partial charge in [-0.2, -0.15) is 0 Å². The number of hydrogen-bond donors (Lipinski definition) is 0. The van der Waals surface area contributed by atoms with Gasteiger partial charge in [0.2, 0.25) is 0 Å². The fourth-order valence-corrected chi connectivity index (χ4v) is 13.2. The van der Waals surface area contributed by atoms with Crippen molar-refractivity contribution in [1.82, 2.24) is 0 Å². The Morgan fingerprint density at radius 1 is 0.507 bits per heavy atom. The first kappa shape index (κ1) is 43.9. The van der Waals surface area contributed by atoms with E-state index in [0.717, 1.165) is 12.8 Å². The molecule has 12 rings (SSSR count). The van der Waals surface area contributed by atoms with E-state index in [2.05, 4.69) is 244 Å². The first-order valence-electron chi connectivity index (χ1n) is 25.2. The summed E-state index contributed by atoms with van der Waals surface area (Å²) in [6.07, 6.45) is 2.32. The van der Waals surface area contributed by atoms with Gasteiger partial charge in [-0.25, -0.2) is 0 Å². The van der Waals surface area contributed by atoms with E-state index in [1.54, 1.807) is 0 Å². The molecule has 342 valence electrons. The third-order valence-corrected chi connectivity index (χ3v) is 17.3. The second-order valence-corrected chi connectivity index (χ2v) is 24.8. The zero-order valence-electron chi connectivity index (χ0n) is 42.3. The molecular formula is C65H63BN2S. The maximum absolute atomic E-state index is 2.75. The minimum atomic E-state index is -0.116. The molecule has 69 heavy (non-hydrogen) atoms.